The third-order valence-corrected chi connectivity index (χ3v) is 14.8. The molecule has 2 nitrogen and oxygen atoms in total. The van der Waals surface area contributed by atoms with Crippen molar-refractivity contribution in [2.45, 2.75) is 18.9 Å². The van der Waals surface area contributed by atoms with E-state index < -0.39 is 0 Å². The number of para-hydroxylation sites is 2. The van der Waals surface area contributed by atoms with E-state index in [0.29, 0.717) is 5.92 Å². The first-order valence-electron chi connectivity index (χ1n) is 25.3. The van der Waals surface area contributed by atoms with Crippen LogP contribution in [0.5, 0.6) is 0 Å². The van der Waals surface area contributed by atoms with Crippen LogP contribution in [0, 0.1) is 5.92 Å². The van der Waals surface area contributed by atoms with E-state index in [-0.39, 0.29) is 6.04 Å². The van der Waals surface area contributed by atoms with Crippen molar-refractivity contribution >= 4 is 80.8 Å². The quantitative estimate of drug-likeness (QED) is 0.111. The lowest BCUT2D eigenvalue weighted by Gasteiger charge is -2.35. The summed E-state index contributed by atoms with van der Waals surface area (Å²) in [6.45, 7) is 0. The number of hydrogen-bond acceptors (Lipinski definition) is 2. The van der Waals surface area contributed by atoms with Crippen molar-refractivity contribution in [1.82, 2.24) is 0 Å². The van der Waals surface area contributed by atoms with Crippen LogP contribution < -0.4 is 9.80 Å². The molecule has 9 aromatic rings. The van der Waals surface area contributed by atoms with Crippen LogP contribution in [-0.4, -0.2) is 6.04 Å². The molecule has 2 heteroatoms. The zero-order valence-corrected chi connectivity index (χ0v) is 40.0. The minimum atomic E-state index is 0.210. The van der Waals surface area contributed by atoms with Gasteiger partial charge in [0.05, 0.1) is 11.7 Å². The summed E-state index contributed by atoms with van der Waals surface area (Å²) in [4.78, 5) is 4.91. The summed E-state index contributed by atoms with van der Waals surface area (Å²) in [7, 11) is 0. The van der Waals surface area contributed by atoms with E-state index in [0.717, 1.165) is 40.8 Å². The first-order chi connectivity index (χ1) is 35.7. The lowest BCUT2D eigenvalue weighted by Crippen LogP contribution is -2.35. The first-order valence-corrected chi connectivity index (χ1v) is 25.3. The molecule has 0 fully saturated rings. The number of benzene rings is 9. The van der Waals surface area contributed by atoms with E-state index >= 15 is 0 Å². The van der Waals surface area contributed by atoms with Gasteiger partial charge < -0.3 is 9.80 Å². The smallest absolute Gasteiger partial charge is 0.0623 e. The second kappa shape index (κ2) is 18.7. The van der Waals surface area contributed by atoms with Crippen molar-refractivity contribution in [2.24, 2.45) is 5.92 Å². The van der Waals surface area contributed by atoms with Gasteiger partial charge in [-0.05, 0) is 150 Å². The summed E-state index contributed by atoms with van der Waals surface area (Å²) >= 11 is 0. The Balaban J connectivity index is 0.869. The summed E-state index contributed by atoms with van der Waals surface area (Å²) in [5.41, 5.74) is 19.4. The van der Waals surface area contributed by atoms with E-state index in [2.05, 4.69) is 289 Å². The molecular weight excluding hydrogens is 869 g/mol. The Morgan fingerprint density at radius 3 is 1.57 bits per heavy atom. The van der Waals surface area contributed by atoms with Crippen molar-refractivity contribution in [3.8, 4) is 22.3 Å². The largest absolute Gasteiger partial charge is 0.333 e. The van der Waals surface area contributed by atoms with E-state index in [1.54, 1.807) is 0 Å². The van der Waals surface area contributed by atoms with Crippen LogP contribution in [0.1, 0.15) is 46.2 Å². The van der Waals surface area contributed by atoms with Crippen molar-refractivity contribution in [3.63, 3.8) is 0 Å². The van der Waals surface area contributed by atoms with Crippen molar-refractivity contribution in [1.29, 1.82) is 0 Å². The zero-order valence-electron chi connectivity index (χ0n) is 40.0. The summed E-state index contributed by atoms with van der Waals surface area (Å²) in [5.74, 6) is 0.301. The Morgan fingerprint density at radius 2 is 0.931 bits per heavy atom. The van der Waals surface area contributed by atoms with Crippen LogP contribution >= 0.6 is 0 Å². The van der Waals surface area contributed by atoms with Gasteiger partial charge in [0, 0.05) is 28.7 Å². The molecule has 0 spiro atoms. The van der Waals surface area contributed by atoms with E-state index in [4.69, 9.17) is 0 Å². The second-order valence-electron chi connectivity index (χ2n) is 19.1. The van der Waals surface area contributed by atoms with E-state index in [1.165, 1.54) is 83.3 Å². The van der Waals surface area contributed by atoms with Crippen LogP contribution in [-0.2, 0) is 0 Å². The predicted molar refractivity (Wildman–Crippen MR) is 309 cm³/mol. The average molecular weight is 921 g/mol. The maximum Gasteiger partial charge on any atom is 0.0623 e. The molecule has 4 aliphatic rings. The Labute approximate surface area is 422 Å². The normalized spacial score (nSPS) is 16.8. The topological polar surface area (TPSA) is 6.48 Å². The number of anilines is 4. The Kier molecular flexibility index (Phi) is 11.2. The van der Waals surface area contributed by atoms with E-state index in [1.807, 2.05) is 0 Å². The molecule has 2 heterocycles. The SMILES string of the molecule is C1=CC2C=Cc3ccccc3N(c3ccc(/C=C/c4ccc5c(-c6ccccc6)c(-c6ccccc6)c6ccc(/C=C/c7ccc(N8C9=C(C=Cc%10ccccc%108)CCC=C9)cc7)cc6c5c4)cc3)C2C=C1. The molecule has 2 aliphatic carbocycles. The van der Waals surface area contributed by atoms with Gasteiger partial charge in [-0.3, -0.25) is 0 Å². The maximum absolute atomic E-state index is 2.49. The highest BCUT2D eigenvalue weighted by Crippen LogP contribution is 2.46. The Bertz CT molecular complexity index is 3790. The van der Waals surface area contributed by atoms with Gasteiger partial charge in [0.2, 0.25) is 0 Å². The number of rotatable bonds is 8. The number of allylic oxidation sites excluding steroid dienone is 6. The van der Waals surface area contributed by atoms with Crippen LogP contribution in [0.15, 0.2) is 254 Å². The third-order valence-electron chi connectivity index (χ3n) is 14.8. The molecule has 2 aliphatic heterocycles. The van der Waals surface area contributed by atoms with E-state index in [9.17, 15) is 0 Å². The highest BCUT2D eigenvalue weighted by atomic mass is 15.2. The van der Waals surface area contributed by atoms with Crippen LogP contribution in [0.3, 0.4) is 0 Å². The second-order valence-corrected chi connectivity index (χ2v) is 19.1. The molecule has 72 heavy (non-hydrogen) atoms. The highest BCUT2D eigenvalue weighted by Gasteiger charge is 2.29. The summed E-state index contributed by atoms with van der Waals surface area (Å²) in [5, 5.41) is 4.94. The number of hydrogen-bond donors (Lipinski definition) is 0. The standard InChI is InChI=1S/C70H52N2/c1-3-19-57(20-4-1)69-61-45-35-51(29-27-49-31-41-59(42-32-49)71-65-23-11-7-15-53(65)37-38-54-16-8-12-24-66(54)71)47-63(61)64-48-52(36-46-62(64)70(69)58-21-5-2-6-22-58)30-28-50-33-43-60(44-34-50)72-67-25-13-9-17-55(67)39-40-56-18-10-14-26-68(56)72/h1-9,11-17,19-48,53,65H,10,18H2/b29-27+,30-28+. The average Bonchev–Trinajstić information content (AvgIpc) is 3.73. The van der Waals surface area contributed by atoms with Gasteiger partial charge in [0.25, 0.3) is 0 Å². The molecule has 342 valence electrons. The van der Waals surface area contributed by atoms with Crippen molar-refractivity contribution < 1.29 is 0 Å². The molecule has 0 aromatic heterocycles. The molecule has 0 radical (unpaired) electrons. The zero-order chi connectivity index (χ0) is 47.8. The number of nitrogens with zero attached hydrogens (tertiary/aromatic N) is 2. The van der Waals surface area contributed by atoms with Gasteiger partial charge in [0.1, 0.15) is 0 Å². The third kappa shape index (κ3) is 8.07. The molecular formula is C70H52N2. The predicted octanol–water partition coefficient (Wildman–Crippen LogP) is 18.7. The van der Waals surface area contributed by atoms with Crippen molar-refractivity contribution in [2.75, 3.05) is 9.80 Å². The van der Waals surface area contributed by atoms with Crippen LogP contribution in [0.4, 0.5) is 22.7 Å². The molecule has 2 atom stereocenters. The van der Waals surface area contributed by atoms with Gasteiger partial charge in [-0.2, -0.15) is 0 Å². The molecule has 9 aromatic carbocycles. The minimum absolute atomic E-state index is 0.210. The summed E-state index contributed by atoms with van der Waals surface area (Å²) in [6.07, 6.45) is 33.9. The Morgan fingerprint density at radius 1 is 0.403 bits per heavy atom. The van der Waals surface area contributed by atoms with Crippen molar-refractivity contribution in [3.05, 3.63) is 287 Å². The molecule has 0 saturated carbocycles. The fourth-order valence-corrected chi connectivity index (χ4v) is 11.2. The minimum Gasteiger partial charge on any atom is -0.333 e. The molecule has 13 rings (SSSR count). The van der Waals surface area contributed by atoms with Crippen LogP contribution in [0.2, 0.25) is 0 Å². The molecule has 2 unspecified atom stereocenters. The number of fused-ring (bicyclic) bond motifs is 6. The van der Waals surface area contributed by atoms with Gasteiger partial charge in [-0.1, -0.05) is 225 Å². The summed E-state index contributed by atoms with van der Waals surface area (Å²) in [6, 6.07) is 71.5. The molecule has 0 saturated heterocycles. The van der Waals surface area contributed by atoms with Gasteiger partial charge in [-0.15, -0.1) is 0 Å². The molecule has 0 bridgehead atoms. The first kappa shape index (κ1) is 43.1. The molecule has 0 amide bonds. The molecule has 0 N–H and O–H groups in total. The fraction of sp³-hybridized carbons (Fsp3) is 0.0571. The highest BCUT2D eigenvalue weighted by molar-refractivity contribution is 6.22. The van der Waals surface area contributed by atoms with Crippen LogP contribution in [0.25, 0.3) is 80.3 Å². The van der Waals surface area contributed by atoms with Gasteiger partial charge >= 0.3 is 0 Å². The lowest BCUT2D eigenvalue weighted by molar-refractivity contribution is 0.669. The summed E-state index contributed by atoms with van der Waals surface area (Å²) < 4.78 is 0. The maximum atomic E-state index is 2.49. The monoisotopic (exact) mass is 920 g/mol. The van der Waals surface area contributed by atoms with Gasteiger partial charge in [0.15, 0.2) is 0 Å². The fourth-order valence-electron chi connectivity index (χ4n) is 11.2. The lowest BCUT2D eigenvalue weighted by atomic mass is 9.84. The Hall–Kier alpha value is -8.98. The van der Waals surface area contributed by atoms with Gasteiger partial charge in [-0.25, -0.2) is 0 Å².